The minimum absolute atomic E-state index is 0.193. The van der Waals surface area contributed by atoms with E-state index in [2.05, 4.69) is 0 Å². The van der Waals surface area contributed by atoms with Crippen molar-refractivity contribution in [1.82, 2.24) is 4.90 Å². The number of amides is 1. The lowest BCUT2D eigenvalue weighted by atomic mass is 10.2. The fourth-order valence-corrected chi connectivity index (χ4v) is 1.96. The third kappa shape index (κ3) is 4.88. The van der Waals surface area contributed by atoms with Crippen LogP contribution in [0.2, 0.25) is 0 Å². The number of aliphatic hydroxyl groups is 1. The van der Waals surface area contributed by atoms with Crippen LogP contribution >= 0.6 is 0 Å². The van der Waals surface area contributed by atoms with E-state index in [0.29, 0.717) is 6.42 Å². The molecule has 2 atom stereocenters. The lowest BCUT2D eigenvalue weighted by molar-refractivity contribution is 0.0112. The summed E-state index contributed by atoms with van der Waals surface area (Å²) in [5, 5.41) is 9.32. The Kier molecular flexibility index (Phi) is 5.62. The molecule has 0 aromatic carbocycles. The Hall–Kier alpha value is -1.50. The Labute approximate surface area is 118 Å². The number of likely N-dealkylation sites (tertiary alicyclic amines) is 1. The van der Waals surface area contributed by atoms with Crippen LogP contribution in [0, 0.1) is 0 Å². The van der Waals surface area contributed by atoms with E-state index in [1.165, 1.54) is 4.90 Å². The topological polar surface area (TPSA) is 85.3 Å². The van der Waals surface area contributed by atoms with Gasteiger partial charge >= 0.3 is 12.2 Å². The fraction of sp³-hybridized carbons (Fsp3) is 0.846. The highest BCUT2D eigenvalue weighted by Crippen LogP contribution is 2.23. The molecule has 0 aromatic heterocycles. The van der Waals surface area contributed by atoms with E-state index in [4.69, 9.17) is 14.2 Å². The van der Waals surface area contributed by atoms with Crippen molar-refractivity contribution in [2.75, 3.05) is 19.8 Å². The van der Waals surface area contributed by atoms with E-state index in [-0.39, 0.29) is 19.8 Å². The maximum atomic E-state index is 12.0. The maximum absolute atomic E-state index is 12.0. The van der Waals surface area contributed by atoms with Crippen LogP contribution in [0.25, 0.3) is 0 Å². The molecule has 1 saturated heterocycles. The molecule has 1 aliphatic rings. The molecule has 116 valence electrons. The standard InChI is InChI=1S/C13H23NO6/c1-5-18-12(17)19-10-6-9(8-15)14(7-10)11(16)20-13(2,3)4/h9-10,15H,5-8H2,1-4H3. The SMILES string of the molecule is CCOC(=O)OC1CC(CO)N(C(=O)OC(C)(C)C)C1. The number of nitrogens with zero attached hydrogens (tertiary/aromatic N) is 1. The van der Waals surface area contributed by atoms with Gasteiger partial charge in [0.25, 0.3) is 0 Å². The van der Waals surface area contributed by atoms with Gasteiger partial charge in [0.2, 0.25) is 0 Å². The average Bonchev–Trinajstić information content (AvgIpc) is 2.70. The first-order chi connectivity index (χ1) is 9.26. The van der Waals surface area contributed by atoms with Crippen LogP contribution in [0.5, 0.6) is 0 Å². The lowest BCUT2D eigenvalue weighted by Gasteiger charge is -2.27. The highest BCUT2D eigenvalue weighted by Gasteiger charge is 2.39. The van der Waals surface area contributed by atoms with Gasteiger partial charge in [-0.25, -0.2) is 9.59 Å². The molecule has 7 nitrogen and oxygen atoms in total. The normalized spacial score (nSPS) is 22.6. The molecule has 0 bridgehead atoms. The monoisotopic (exact) mass is 289 g/mol. The van der Waals surface area contributed by atoms with Crippen molar-refractivity contribution < 1.29 is 28.9 Å². The number of carbonyl (C=O) groups is 2. The Morgan fingerprint density at radius 2 is 2.00 bits per heavy atom. The van der Waals surface area contributed by atoms with E-state index in [1.807, 2.05) is 0 Å². The van der Waals surface area contributed by atoms with E-state index >= 15 is 0 Å². The summed E-state index contributed by atoms with van der Waals surface area (Å²) < 4.78 is 15.0. The number of hydrogen-bond acceptors (Lipinski definition) is 6. The van der Waals surface area contributed by atoms with Gasteiger partial charge in [-0.05, 0) is 27.7 Å². The van der Waals surface area contributed by atoms with Crippen LogP contribution in [0.4, 0.5) is 9.59 Å². The first-order valence-electron chi connectivity index (χ1n) is 6.70. The van der Waals surface area contributed by atoms with E-state index < -0.39 is 30.0 Å². The van der Waals surface area contributed by atoms with Crippen LogP contribution < -0.4 is 0 Å². The van der Waals surface area contributed by atoms with Gasteiger partial charge in [-0.2, -0.15) is 0 Å². The Morgan fingerprint density at radius 1 is 1.35 bits per heavy atom. The van der Waals surface area contributed by atoms with Crippen molar-refractivity contribution in [3.05, 3.63) is 0 Å². The van der Waals surface area contributed by atoms with Crippen molar-refractivity contribution in [2.24, 2.45) is 0 Å². The van der Waals surface area contributed by atoms with Crippen LogP contribution in [0.15, 0.2) is 0 Å². The van der Waals surface area contributed by atoms with Crippen molar-refractivity contribution in [3.8, 4) is 0 Å². The van der Waals surface area contributed by atoms with Crippen molar-refractivity contribution in [3.63, 3.8) is 0 Å². The number of aliphatic hydroxyl groups excluding tert-OH is 1. The second kappa shape index (κ2) is 6.78. The molecule has 0 saturated carbocycles. The molecule has 1 rings (SSSR count). The fourth-order valence-electron chi connectivity index (χ4n) is 1.96. The van der Waals surface area contributed by atoms with Gasteiger partial charge in [-0.3, -0.25) is 4.90 Å². The smallest absolute Gasteiger partial charge is 0.444 e. The summed E-state index contributed by atoms with van der Waals surface area (Å²) >= 11 is 0. The molecule has 1 fully saturated rings. The summed E-state index contributed by atoms with van der Waals surface area (Å²) in [5.41, 5.74) is -0.614. The van der Waals surface area contributed by atoms with Crippen LogP contribution in [0.3, 0.4) is 0 Å². The Balaban J connectivity index is 2.59. The predicted octanol–water partition coefficient (Wildman–Crippen LogP) is 1.53. The second-order valence-electron chi connectivity index (χ2n) is 5.63. The zero-order chi connectivity index (χ0) is 15.3. The maximum Gasteiger partial charge on any atom is 0.508 e. The molecule has 2 unspecified atom stereocenters. The van der Waals surface area contributed by atoms with E-state index in [1.54, 1.807) is 27.7 Å². The number of carbonyl (C=O) groups excluding carboxylic acids is 2. The molecule has 0 spiro atoms. The molecular formula is C13H23NO6. The molecule has 0 radical (unpaired) electrons. The highest BCUT2D eigenvalue weighted by molar-refractivity contribution is 5.69. The summed E-state index contributed by atoms with van der Waals surface area (Å²) in [4.78, 5) is 24.6. The number of rotatable bonds is 3. The summed E-state index contributed by atoms with van der Waals surface area (Å²) in [6.45, 7) is 7.19. The van der Waals surface area contributed by atoms with Gasteiger partial charge in [0, 0.05) is 6.42 Å². The zero-order valence-corrected chi connectivity index (χ0v) is 12.4. The minimum atomic E-state index is -0.764. The number of hydrogen-bond donors (Lipinski definition) is 1. The molecule has 1 heterocycles. The first-order valence-corrected chi connectivity index (χ1v) is 6.70. The van der Waals surface area contributed by atoms with E-state index in [9.17, 15) is 14.7 Å². The van der Waals surface area contributed by atoms with Gasteiger partial charge in [-0.1, -0.05) is 0 Å². The molecule has 1 N–H and O–H groups in total. The molecule has 20 heavy (non-hydrogen) atoms. The van der Waals surface area contributed by atoms with Gasteiger partial charge < -0.3 is 19.3 Å². The minimum Gasteiger partial charge on any atom is -0.444 e. The van der Waals surface area contributed by atoms with E-state index in [0.717, 1.165) is 0 Å². The summed E-state index contributed by atoms with van der Waals surface area (Å²) in [6, 6.07) is -0.413. The summed E-state index contributed by atoms with van der Waals surface area (Å²) in [7, 11) is 0. The quantitative estimate of drug-likeness (QED) is 0.793. The van der Waals surface area contributed by atoms with Crippen molar-refractivity contribution in [2.45, 2.75) is 51.9 Å². The molecule has 1 aliphatic heterocycles. The van der Waals surface area contributed by atoms with Crippen molar-refractivity contribution in [1.29, 1.82) is 0 Å². The summed E-state index contributed by atoms with van der Waals surface area (Å²) in [6.07, 6.45) is -1.40. The molecule has 1 amide bonds. The summed E-state index contributed by atoms with van der Waals surface area (Å²) in [5.74, 6) is 0. The van der Waals surface area contributed by atoms with Gasteiger partial charge in [0.15, 0.2) is 0 Å². The van der Waals surface area contributed by atoms with Crippen LogP contribution in [0.1, 0.15) is 34.1 Å². The van der Waals surface area contributed by atoms with Crippen molar-refractivity contribution >= 4 is 12.2 Å². The van der Waals surface area contributed by atoms with Crippen LogP contribution in [-0.4, -0.2) is 59.8 Å². The zero-order valence-electron chi connectivity index (χ0n) is 12.4. The third-order valence-corrected chi connectivity index (χ3v) is 2.74. The molecule has 7 heteroatoms. The van der Waals surface area contributed by atoms with Gasteiger partial charge in [0.05, 0.1) is 25.8 Å². The largest absolute Gasteiger partial charge is 0.508 e. The van der Waals surface area contributed by atoms with Gasteiger partial charge in [0.1, 0.15) is 11.7 Å². The van der Waals surface area contributed by atoms with Crippen LogP contribution in [-0.2, 0) is 14.2 Å². The predicted molar refractivity (Wildman–Crippen MR) is 70.3 cm³/mol. The molecule has 0 aliphatic carbocycles. The molecule has 0 aromatic rings. The second-order valence-corrected chi connectivity index (χ2v) is 5.63. The highest BCUT2D eigenvalue weighted by atomic mass is 16.7. The van der Waals surface area contributed by atoms with Gasteiger partial charge in [-0.15, -0.1) is 0 Å². The number of ether oxygens (including phenoxy) is 3. The Bertz CT molecular complexity index is 351. The first kappa shape index (κ1) is 16.6. The lowest BCUT2D eigenvalue weighted by Crippen LogP contribution is -2.41. The molecular weight excluding hydrogens is 266 g/mol. The Morgan fingerprint density at radius 3 is 2.50 bits per heavy atom. The third-order valence-electron chi connectivity index (χ3n) is 2.74. The average molecular weight is 289 g/mol.